The molecule has 4 rings (SSSR count). The highest BCUT2D eigenvalue weighted by molar-refractivity contribution is 6.04. The Morgan fingerprint density at radius 1 is 0.931 bits per heavy atom. The Morgan fingerprint density at radius 2 is 1.72 bits per heavy atom. The first-order chi connectivity index (χ1) is 13.9. The predicted molar refractivity (Wildman–Crippen MR) is 115 cm³/mol. The third kappa shape index (κ3) is 3.72. The van der Waals surface area contributed by atoms with Crippen LogP contribution in [0.4, 0.5) is 5.69 Å². The maximum Gasteiger partial charge on any atom is 0.274 e. The maximum atomic E-state index is 13.2. The summed E-state index contributed by atoms with van der Waals surface area (Å²) in [5.74, 6) is 0.397. The number of nitrogens with one attached hydrogen (secondary N) is 1. The van der Waals surface area contributed by atoms with Gasteiger partial charge in [-0.25, -0.2) is 4.68 Å². The summed E-state index contributed by atoms with van der Waals surface area (Å²) < 4.78 is 7.19. The van der Waals surface area contributed by atoms with Gasteiger partial charge in [-0.1, -0.05) is 18.2 Å². The highest BCUT2D eigenvalue weighted by Crippen LogP contribution is 2.25. The van der Waals surface area contributed by atoms with Crippen molar-refractivity contribution in [3.63, 3.8) is 0 Å². The van der Waals surface area contributed by atoms with Crippen LogP contribution >= 0.6 is 0 Å². The standard InChI is InChI=1S/C24H23N3O2/c1-15-7-8-17(3)21(12-15)27-22(14-20(26-27)23-6-5-11-29-23)24(28)25-19-10-9-16(2)18(4)13-19/h5-14H,1-4H3,(H,25,28). The summed E-state index contributed by atoms with van der Waals surface area (Å²) in [7, 11) is 0. The first kappa shape index (κ1) is 18.7. The van der Waals surface area contributed by atoms with Gasteiger partial charge in [0.1, 0.15) is 11.4 Å². The van der Waals surface area contributed by atoms with Crippen molar-refractivity contribution in [1.29, 1.82) is 0 Å². The molecule has 5 heteroatoms. The van der Waals surface area contributed by atoms with Crippen molar-refractivity contribution in [2.45, 2.75) is 27.7 Å². The maximum absolute atomic E-state index is 13.2. The lowest BCUT2D eigenvalue weighted by atomic mass is 10.1. The van der Waals surface area contributed by atoms with Gasteiger partial charge in [0.05, 0.1) is 12.0 Å². The van der Waals surface area contributed by atoms with Gasteiger partial charge in [-0.15, -0.1) is 0 Å². The third-order valence-corrected chi connectivity index (χ3v) is 5.07. The topological polar surface area (TPSA) is 60.1 Å². The zero-order chi connectivity index (χ0) is 20.5. The van der Waals surface area contributed by atoms with E-state index in [9.17, 15) is 4.79 Å². The molecular formula is C24H23N3O2. The molecule has 5 nitrogen and oxygen atoms in total. The molecule has 0 spiro atoms. The number of furan rings is 1. The number of nitrogens with zero attached hydrogens (tertiary/aromatic N) is 2. The summed E-state index contributed by atoms with van der Waals surface area (Å²) in [6.07, 6.45) is 1.60. The summed E-state index contributed by atoms with van der Waals surface area (Å²) in [6.45, 7) is 8.11. The Bertz CT molecular complexity index is 1190. The first-order valence-electron chi connectivity index (χ1n) is 9.52. The monoisotopic (exact) mass is 385 g/mol. The van der Waals surface area contributed by atoms with Gasteiger partial charge in [-0.2, -0.15) is 5.10 Å². The minimum absolute atomic E-state index is 0.223. The molecule has 0 radical (unpaired) electrons. The normalized spacial score (nSPS) is 10.9. The second-order valence-corrected chi connectivity index (χ2v) is 7.35. The van der Waals surface area contributed by atoms with Crippen LogP contribution in [0.25, 0.3) is 17.1 Å². The number of hydrogen-bond acceptors (Lipinski definition) is 3. The van der Waals surface area contributed by atoms with E-state index >= 15 is 0 Å². The van der Waals surface area contributed by atoms with Crippen molar-refractivity contribution in [3.8, 4) is 17.1 Å². The lowest BCUT2D eigenvalue weighted by molar-refractivity contribution is 0.101. The molecule has 29 heavy (non-hydrogen) atoms. The lowest BCUT2D eigenvalue weighted by Crippen LogP contribution is -2.17. The van der Waals surface area contributed by atoms with Gasteiger partial charge in [-0.05, 0) is 80.3 Å². The van der Waals surface area contributed by atoms with E-state index < -0.39 is 0 Å². The largest absolute Gasteiger partial charge is 0.463 e. The number of aryl methyl sites for hydroxylation is 4. The smallest absolute Gasteiger partial charge is 0.274 e. The Hall–Kier alpha value is -3.60. The Kier molecular flexibility index (Phi) is 4.80. The predicted octanol–water partition coefficient (Wildman–Crippen LogP) is 5.62. The van der Waals surface area contributed by atoms with Crippen LogP contribution in [0.1, 0.15) is 32.7 Å². The third-order valence-electron chi connectivity index (χ3n) is 5.07. The molecule has 0 saturated heterocycles. The van der Waals surface area contributed by atoms with E-state index in [1.54, 1.807) is 23.1 Å². The molecule has 4 aromatic rings. The van der Waals surface area contributed by atoms with Crippen LogP contribution in [0.2, 0.25) is 0 Å². The van der Waals surface area contributed by atoms with Crippen LogP contribution in [0.15, 0.2) is 65.3 Å². The van der Waals surface area contributed by atoms with Crippen LogP contribution in [0.3, 0.4) is 0 Å². The highest BCUT2D eigenvalue weighted by Gasteiger charge is 2.20. The van der Waals surface area contributed by atoms with Crippen molar-refractivity contribution in [3.05, 3.63) is 88.8 Å². The Morgan fingerprint density at radius 3 is 2.45 bits per heavy atom. The number of benzene rings is 2. The minimum Gasteiger partial charge on any atom is -0.463 e. The highest BCUT2D eigenvalue weighted by atomic mass is 16.3. The molecule has 0 aliphatic heterocycles. The van der Waals surface area contributed by atoms with E-state index in [4.69, 9.17) is 4.42 Å². The fourth-order valence-electron chi connectivity index (χ4n) is 3.23. The van der Waals surface area contributed by atoms with E-state index in [1.165, 1.54) is 5.56 Å². The number of carbonyl (C=O) groups excluding carboxylic acids is 1. The van der Waals surface area contributed by atoms with Gasteiger partial charge in [0, 0.05) is 11.8 Å². The van der Waals surface area contributed by atoms with Crippen molar-refractivity contribution < 1.29 is 9.21 Å². The molecule has 1 N–H and O–H groups in total. The quantitative estimate of drug-likeness (QED) is 0.496. The molecule has 0 fully saturated rings. The van der Waals surface area contributed by atoms with Crippen molar-refractivity contribution in [2.24, 2.45) is 0 Å². The van der Waals surface area contributed by atoms with E-state index in [0.29, 0.717) is 17.1 Å². The lowest BCUT2D eigenvalue weighted by Gasteiger charge is -2.12. The van der Waals surface area contributed by atoms with E-state index in [2.05, 4.69) is 10.4 Å². The molecule has 0 atom stereocenters. The number of amides is 1. The number of carbonyl (C=O) groups is 1. The molecule has 2 aromatic carbocycles. The van der Waals surface area contributed by atoms with Gasteiger partial charge >= 0.3 is 0 Å². The molecule has 0 unspecified atom stereocenters. The summed E-state index contributed by atoms with van der Waals surface area (Å²) in [5.41, 5.74) is 7.13. The summed E-state index contributed by atoms with van der Waals surface area (Å²) in [4.78, 5) is 13.2. The van der Waals surface area contributed by atoms with Gasteiger partial charge in [0.15, 0.2) is 5.76 Å². The van der Waals surface area contributed by atoms with Crippen LogP contribution < -0.4 is 5.32 Å². The second-order valence-electron chi connectivity index (χ2n) is 7.35. The minimum atomic E-state index is -0.223. The van der Waals surface area contributed by atoms with Crippen LogP contribution in [-0.2, 0) is 0 Å². The second kappa shape index (κ2) is 7.43. The molecule has 0 saturated carbocycles. The fourth-order valence-corrected chi connectivity index (χ4v) is 3.23. The first-order valence-corrected chi connectivity index (χ1v) is 9.52. The number of anilines is 1. The zero-order valence-electron chi connectivity index (χ0n) is 17.0. The van der Waals surface area contributed by atoms with Gasteiger partial charge in [-0.3, -0.25) is 4.79 Å². The molecule has 2 heterocycles. The average Bonchev–Trinajstić information content (AvgIpc) is 3.36. The van der Waals surface area contributed by atoms with Crippen molar-refractivity contribution in [1.82, 2.24) is 9.78 Å². The van der Waals surface area contributed by atoms with Crippen molar-refractivity contribution >= 4 is 11.6 Å². The fraction of sp³-hybridized carbons (Fsp3) is 0.167. The van der Waals surface area contributed by atoms with E-state index in [1.807, 2.05) is 70.2 Å². The number of rotatable bonds is 4. The van der Waals surface area contributed by atoms with E-state index in [-0.39, 0.29) is 5.91 Å². The van der Waals surface area contributed by atoms with Crippen LogP contribution in [0.5, 0.6) is 0 Å². The van der Waals surface area contributed by atoms with Crippen LogP contribution in [0, 0.1) is 27.7 Å². The van der Waals surface area contributed by atoms with E-state index in [0.717, 1.165) is 28.1 Å². The molecular weight excluding hydrogens is 362 g/mol. The summed E-state index contributed by atoms with van der Waals surface area (Å²) in [5, 5.41) is 7.68. The molecule has 0 aliphatic carbocycles. The Balaban J connectivity index is 1.79. The Labute approximate surface area is 170 Å². The van der Waals surface area contributed by atoms with Crippen molar-refractivity contribution in [2.75, 3.05) is 5.32 Å². The number of hydrogen-bond donors (Lipinski definition) is 1. The SMILES string of the molecule is Cc1ccc(C)c(-n2nc(-c3ccco3)cc2C(=O)Nc2ccc(C)c(C)c2)c1. The number of aromatic nitrogens is 2. The van der Waals surface area contributed by atoms with Gasteiger partial charge < -0.3 is 9.73 Å². The molecule has 0 aliphatic rings. The molecule has 1 amide bonds. The molecule has 2 aromatic heterocycles. The summed E-state index contributed by atoms with van der Waals surface area (Å²) >= 11 is 0. The average molecular weight is 385 g/mol. The van der Waals surface area contributed by atoms with Crippen LogP contribution in [-0.4, -0.2) is 15.7 Å². The molecule has 146 valence electrons. The van der Waals surface area contributed by atoms with Gasteiger partial charge in [0.25, 0.3) is 5.91 Å². The molecule has 0 bridgehead atoms. The van der Waals surface area contributed by atoms with Gasteiger partial charge in [0.2, 0.25) is 0 Å². The summed E-state index contributed by atoms with van der Waals surface area (Å²) in [6, 6.07) is 17.4. The zero-order valence-corrected chi connectivity index (χ0v) is 17.0.